The van der Waals surface area contributed by atoms with Crippen LogP contribution in [0.4, 0.5) is 5.69 Å². The number of hydrogen-bond donors (Lipinski definition) is 0. The topological polar surface area (TPSA) is 74.6 Å². The van der Waals surface area contributed by atoms with Crippen LogP contribution in [0.3, 0.4) is 0 Å². The predicted molar refractivity (Wildman–Crippen MR) is 101 cm³/mol. The van der Waals surface area contributed by atoms with E-state index in [1.165, 1.54) is 0 Å². The van der Waals surface area contributed by atoms with E-state index in [2.05, 4.69) is 21.0 Å². The third kappa shape index (κ3) is 3.39. The van der Waals surface area contributed by atoms with E-state index in [0.717, 1.165) is 30.9 Å². The second-order valence-corrected chi connectivity index (χ2v) is 7.15. The van der Waals surface area contributed by atoms with Crippen molar-refractivity contribution in [2.75, 3.05) is 44.7 Å². The fourth-order valence-electron chi connectivity index (χ4n) is 3.67. The molecule has 4 heterocycles. The van der Waals surface area contributed by atoms with Gasteiger partial charge in [-0.05, 0) is 25.5 Å². The zero-order valence-electron chi connectivity index (χ0n) is 15.8. The number of anilines is 1. The first-order chi connectivity index (χ1) is 13.0. The van der Waals surface area contributed by atoms with Crippen molar-refractivity contribution >= 4 is 17.5 Å². The molecule has 2 aromatic rings. The monoisotopic (exact) mass is 368 g/mol. The van der Waals surface area contributed by atoms with E-state index in [4.69, 9.17) is 0 Å². The molecule has 2 aromatic heterocycles. The zero-order valence-corrected chi connectivity index (χ0v) is 15.8. The molecule has 8 heteroatoms. The third-order valence-electron chi connectivity index (χ3n) is 5.24. The number of pyridine rings is 1. The highest BCUT2D eigenvalue weighted by atomic mass is 16.2. The Bertz CT molecular complexity index is 877. The minimum Gasteiger partial charge on any atom is -0.370 e. The minimum absolute atomic E-state index is 0.0806. The summed E-state index contributed by atoms with van der Waals surface area (Å²) in [6.07, 6.45) is 2.71. The number of carbonyl (C=O) groups is 2. The van der Waals surface area contributed by atoms with E-state index in [9.17, 15) is 9.59 Å². The smallest absolute Gasteiger partial charge is 0.274 e. The molecule has 1 fully saturated rings. The van der Waals surface area contributed by atoms with Crippen LogP contribution >= 0.6 is 0 Å². The molecule has 8 nitrogen and oxygen atoms in total. The Balaban J connectivity index is 1.47. The fourth-order valence-corrected chi connectivity index (χ4v) is 3.67. The fraction of sp³-hybridized carbons (Fsp3) is 0.474. The first-order valence-corrected chi connectivity index (χ1v) is 9.33. The molecule has 142 valence electrons. The standard InChI is InChI=1S/C19H24N6O2/c1-14-12-15(4-5-20-14)23-6-3-7-24(10-9-23)18(26)16-13-17-19(27)22(2)8-11-25(17)21-16/h4-5,12-13H,3,6-11H2,1-2H3. The normalized spacial score (nSPS) is 17.7. The lowest BCUT2D eigenvalue weighted by molar-refractivity contribution is 0.0735. The van der Waals surface area contributed by atoms with Gasteiger partial charge in [-0.2, -0.15) is 5.10 Å². The Morgan fingerprint density at radius 2 is 1.93 bits per heavy atom. The Morgan fingerprint density at radius 3 is 2.74 bits per heavy atom. The van der Waals surface area contributed by atoms with Gasteiger partial charge in [-0.3, -0.25) is 19.3 Å². The summed E-state index contributed by atoms with van der Waals surface area (Å²) in [7, 11) is 1.77. The van der Waals surface area contributed by atoms with Gasteiger partial charge in [0.2, 0.25) is 0 Å². The van der Waals surface area contributed by atoms with Crippen LogP contribution in [0, 0.1) is 6.92 Å². The minimum atomic E-state index is -0.0971. The number of likely N-dealkylation sites (N-methyl/N-ethyl adjacent to an activating group) is 1. The van der Waals surface area contributed by atoms with Crippen LogP contribution in [0.1, 0.15) is 33.1 Å². The van der Waals surface area contributed by atoms with Crippen molar-refractivity contribution in [3.8, 4) is 0 Å². The summed E-state index contributed by atoms with van der Waals surface area (Å²) in [6.45, 7) is 6.22. The van der Waals surface area contributed by atoms with Crippen molar-refractivity contribution in [1.29, 1.82) is 0 Å². The Morgan fingerprint density at radius 1 is 1.07 bits per heavy atom. The van der Waals surface area contributed by atoms with Gasteiger partial charge in [0.25, 0.3) is 11.8 Å². The number of carbonyl (C=O) groups excluding carboxylic acids is 2. The molecule has 2 amide bonds. The largest absolute Gasteiger partial charge is 0.370 e. The van der Waals surface area contributed by atoms with Crippen LogP contribution in [0.5, 0.6) is 0 Å². The van der Waals surface area contributed by atoms with E-state index in [0.29, 0.717) is 37.6 Å². The molecule has 2 aliphatic rings. The molecule has 0 radical (unpaired) electrons. The van der Waals surface area contributed by atoms with Gasteiger partial charge in [0.05, 0.1) is 6.54 Å². The first kappa shape index (κ1) is 17.5. The SMILES string of the molecule is Cc1cc(N2CCCN(C(=O)c3cc4n(n3)CCN(C)C4=O)CC2)ccn1. The zero-order chi connectivity index (χ0) is 19.0. The quantitative estimate of drug-likeness (QED) is 0.791. The van der Waals surface area contributed by atoms with Gasteiger partial charge in [-0.15, -0.1) is 0 Å². The Kier molecular flexibility index (Phi) is 4.55. The third-order valence-corrected chi connectivity index (χ3v) is 5.24. The molecule has 4 rings (SSSR count). The molecule has 0 spiro atoms. The number of amides is 2. The average Bonchev–Trinajstić information content (AvgIpc) is 2.95. The molecule has 0 aliphatic carbocycles. The van der Waals surface area contributed by atoms with Gasteiger partial charge in [0.1, 0.15) is 5.69 Å². The van der Waals surface area contributed by atoms with Crippen molar-refractivity contribution < 1.29 is 9.59 Å². The van der Waals surface area contributed by atoms with Crippen LogP contribution in [0.15, 0.2) is 24.4 Å². The summed E-state index contributed by atoms with van der Waals surface area (Å²) in [6, 6.07) is 5.72. The maximum Gasteiger partial charge on any atom is 0.274 e. The first-order valence-electron chi connectivity index (χ1n) is 9.33. The van der Waals surface area contributed by atoms with Crippen LogP contribution in [-0.2, 0) is 6.54 Å². The average molecular weight is 368 g/mol. The summed E-state index contributed by atoms with van der Waals surface area (Å²) in [5.74, 6) is -0.178. The van der Waals surface area contributed by atoms with E-state index >= 15 is 0 Å². The molecule has 0 N–H and O–H groups in total. The summed E-state index contributed by atoms with van der Waals surface area (Å²) < 4.78 is 1.65. The van der Waals surface area contributed by atoms with E-state index in [1.54, 1.807) is 22.7 Å². The number of fused-ring (bicyclic) bond motifs is 1. The van der Waals surface area contributed by atoms with Gasteiger partial charge < -0.3 is 14.7 Å². The molecule has 0 aromatic carbocycles. The van der Waals surface area contributed by atoms with Crippen molar-refractivity contribution in [3.05, 3.63) is 41.5 Å². The van der Waals surface area contributed by atoms with Gasteiger partial charge in [0.15, 0.2) is 5.69 Å². The second kappa shape index (κ2) is 7.02. The number of rotatable bonds is 2. The molecule has 1 saturated heterocycles. The summed E-state index contributed by atoms with van der Waals surface area (Å²) in [5, 5.41) is 4.39. The summed E-state index contributed by atoms with van der Waals surface area (Å²) in [5.41, 5.74) is 2.99. The van der Waals surface area contributed by atoms with Gasteiger partial charge in [-0.25, -0.2) is 0 Å². The maximum absolute atomic E-state index is 13.0. The lowest BCUT2D eigenvalue weighted by atomic mass is 10.2. The Hall–Kier alpha value is -2.90. The lowest BCUT2D eigenvalue weighted by Crippen LogP contribution is -2.37. The number of nitrogens with zero attached hydrogens (tertiary/aromatic N) is 6. The van der Waals surface area contributed by atoms with Crippen LogP contribution < -0.4 is 4.90 Å². The number of aromatic nitrogens is 3. The van der Waals surface area contributed by atoms with Crippen LogP contribution in [-0.4, -0.2) is 76.2 Å². The van der Waals surface area contributed by atoms with Gasteiger partial charge >= 0.3 is 0 Å². The molecular weight excluding hydrogens is 344 g/mol. The number of hydrogen-bond acceptors (Lipinski definition) is 5. The molecule has 0 atom stereocenters. The van der Waals surface area contributed by atoms with Crippen molar-refractivity contribution in [3.63, 3.8) is 0 Å². The lowest BCUT2D eigenvalue weighted by Gasteiger charge is -2.23. The second-order valence-electron chi connectivity index (χ2n) is 7.15. The highest BCUT2D eigenvalue weighted by molar-refractivity contribution is 5.98. The molecule has 27 heavy (non-hydrogen) atoms. The highest BCUT2D eigenvalue weighted by Gasteiger charge is 2.28. The van der Waals surface area contributed by atoms with E-state index in [1.807, 2.05) is 24.1 Å². The molecule has 0 saturated carbocycles. The van der Waals surface area contributed by atoms with Gasteiger partial charge in [-0.1, -0.05) is 0 Å². The van der Waals surface area contributed by atoms with Crippen LogP contribution in [0.25, 0.3) is 0 Å². The van der Waals surface area contributed by atoms with Gasteiger partial charge in [0, 0.05) is 63.4 Å². The van der Waals surface area contributed by atoms with E-state index in [-0.39, 0.29) is 11.8 Å². The maximum atomic E-state index is 13.0. The van der Waals surface area contributed by atoms with E-state index < -0.39 is 0 Å². The summed E-state index contributed by atoms with van der Waals surface area (Å²) >= 11 is 0. The van der Waals surface area contributed by atoms with Crippen molar-refractivity contribution in [2.24, 2.45) is 0 Å². The Labute approximate surface area is 158 Å². The molecule has 2 aliphatic heterocycles. The molecule has 0 unspecified atom stereocenters. The van der Waals surface area contributed by atoms with Crippen LogP contribution in [0.2, 0.25) is 0 Å². The summed E-state index contributed by atoms with van der Waals surface area (Å²) in [4.78, 5) is 35.2. The molecular formula is C19H24N6O2. The van der Waals surface area contributed by atoms with Crippen molar-refractivity contribution in [2.45, 2.75) is 19.9 Å². The van der Waals surface area contributed by atoms with Crippen molar-refractivity contribution in [1.82, 2.24) is 24.6 Å². The highest BCUT2D eigenvalue weighted by Crippen LogP contribution is 2.19. The molecule has 0 bridgehead atoms. The predicted octanol–water partition coefficient (Wildman–Crippen LogP) is 1.02. The number of aryl methyl sites for hydroxylation is 1.